The van der Waals surface area contributed by atoms with Gasteiger partial charge in [-0.3, -0.25) is 0 Å². The Labute approximate surface area is 47.1 Å². The Morgan fingerprint density at radius 2 is 2.43 bits per heavy atom. The summed E-state index contributed by atoms with van der Waals surface area (Å²) in [6.07, 6.45) is 0.135. The van der Waals surface area contributed by atoms with Crippen molar-refractivity contribution in [2.75, 3.05) is 5.88 Å². The summed E-state index contributed by atoms with van der Waals surface area (Å²) in [6, 6.07) is 0. The molecule has 0 amide bonds. The van der Waals surface area contributed by atoms with Gasteiger partial charge in [0.25, 0.3) is 0 Å². The number of aliphatic hydroxyl groups excluding tert-OH is 1. The minimum Gasteiger partial charge on any atom is -0.391 e. The Hall–Kier alpha value is -0.0800. The molecule has 0 rings (SSSR count). The van der Waals surface area contributed by atoms with Crippen LogP contribution in [0.25, 0.3) is 0 Å². The first-order valence-corrected chi connectivity index (χ1v) is 2.52. The molecule has 0 aromatic carbocycles. The van der Waals surface area contributed by atoms with Crippen LogP contribution >= 0.6 is 11.6 Å². The Balaban J connectivity index is 2.98. The average molecular weight is 123 g/mol. The van der Waals surface area contributed by atoms with Crippen molar-refractivity contribution in [1.82, 2.24) is 0 Å². The van der Waals surface area contributed by atoms with Gasteiger partial charge < -0.3 is 9.90 Å². The minimum atomic E-state index is -0.654. The van der Waals surface area contributed by atoms with Gasteiger partial charge in [-0.15, -0.1) is 11.6 Å². The second kappa shape index (κ2) is 4.09. The first kappa shape index (κ1) is 6.92. The van der Waals surface area contributed by atoms with Gasteiger partial charge in [0.05, 0.1) is 6.10 Å². The topological polar surface area (TPSA) is 37.3 Å². The molecule has 0 fully saturated rings. The lowest BCUT2D eigenvalue weighted by Gasteiger charge is -1.95. The number of aliphatic hydroxyl groups is 1. The number of halogens is 1. The maximum Gasteiger partial charge on any atom is 0.122 e. The number of rotatable bonds is 3. The van der Waals surface area contributed by atoms with Crippen molar-refractivity contribution in [3.05, 3.63) is 0 Å². The van der Waals surface area contributed by atoms with E-state index in [0.29, 0.717) is 6.29 Å². The van der Waals surface area contributed by atoms with E-state index in [1.165, 1.54) is 0 Å². The molecule has 1 atom stereocenters. The molecule has 0 bridgehead atoms. The summed E-state index contributed by atoms with van der Waals surface area (Å²) < 4.78 is 0. The Kier molecular flexibility index (Phi) is 4.04. The number of carbonyl (C=O) groups is 1. The lowest BCUT2D eigenvalue weighted by molar-refractivity contribution is -0.109. The van der Waals surface area contributed by atoms with E-state index >= 15 is 0 Å². The molecule has 7 heavy (non-hydrogen) atoms. The molecule has 0 heterocycles. The molecule has 0 aromatic heterocycles. The molecule has 1 N–H and O–H groups in total. The highest BCUT2D eigenvalue weighted by atomic mass is 35.5. The zero-order chi connectivity index (χ0) is 5.70. The van der Waals surface area contributed by atoms with Crippen LogP contribution < -0.4 is 0 Å². The fraction of sp³-hybridized carbons (Fsp3) is 0.750. The third-order valence-corrected chi connectivity index (χ3v) is 0.903. The first-order chi connectivity index (χ1) is 3.31. The largest absolute Gasteiger partial charge is 0.391 e. The van der Waals surface area contributed by atoms with Gasteiger partial charge in [-0.25, -0.2) is 0 Å². The Morgan fingerprint density at radius 3 is 2.57 bits per heavy atom. The number of aldehydes is 1. The summed E-state index contributed by atoms with van der Waals surface area (Å²) >= 11 is 5.12. The molecule has 1 unspecified atom stereocenters. The van der Waals surface area contributed by atoms with Crippen LogP contribution in [0.2, 0.25) is 0 Å². The van der Waals surface area contributed by atoms with Crippen LogP contribution in [0, 0.1) is 0 Å². The van der Waals surface area contributed by atoms with Crippen LogP contribution in [0.1, 0.15) is 6.42 Å². The maximum atomic E-state index is 9.56. The maximum absolute atomic E-state index is 9.56. The van der Waals surface area contributed by atoms with Crippen molar-refractivity contribution in [3.8, 4) is 0 Å². The van der Waals surface area contributed by atoms with Crippen LogP contribution in [0.15, 0.2) is 0 Å². The highest BCUT2D eigenvalue weighted by Crippen LogP contribution is 1.88. The predicted octanol–water partition coefficient (Wildman–Crippen LogP) is 0.175. The average Bonchev–Trinajstić information content (AvgIpc) is 1.68. The zero-order valence-electron chi connectivity index (χ0n) is 3.80. The van der Waals surface area contributed by atoms with Crippen LogP contribution in [0.5, 0.6) is 0 Å². The number of carbonyl (C=O) groups excluding carboxylic acids is 1. The molecule has 0 saturated carbocycles. The lowest BCUT2D eigenvalue weighted by Crippen LogP contribution is -2.07. The summed E-state index contributed by atoms with van der Waals surface area (Å²) in [5.74, 6) is 0.138. The standard InChI is InChI=1S/C4H7ClO2/c5-3-4(7)1-2-6/h2,4,7H,1,3H2. The SMILES string of the molecule is O=CCC(O)CCl. The first-order valence-electron chi connectivity index (χ1n) is 1.99. The predicted molar refractivity (Wildman–Crippen MR) is 27.4 cm³/mol. The van der Waals surface area contributed by atoms with E-state index < -0.39 is 6.10 Å². The molecule has 0 spiro atoms. The van der Waals surface area contributed by atoms with Crippen LogP contribution in [0.4, 0.5) is 0 Å². The van der Waals surface area contributed by atoms with Gasteiger partial charge >= 0.3 is 0 Å². The fourth-order valence-electron chi connectivity index (χ4n) is 0.174. The van der Waals surface area contributed by atoms with Crippen molar-refractivity contribution in [2.45, 2.75) is 12.5 Å². The molecule has 42 valence electrons. The third kappa shape index (κ3) is 3.76. The lowest BCUT2D eigenvalue weighted by atomic mass is 10.3. The summed E-state index contributed by atoms with van der Waals surface area (Å²) in [5, 5.41) is 8.49. The van der Waals surface area contributed by atoms with E-state index in [0.717, 1.165) is 0 Å². The third-order valence-electron chi connectivity index (χ3n) is 0.546. The monoisotopic (exact) mass is 122 g/mol. The quantitative estimate of drug-likeness (QED) is 0.428. The molecule has 0 radical (unpaired) electrons. The minimum absolute atomic E-state index is 0.138. The van der Waals surface area contributed by atoms with Crippen molar-refractivity contribution < 1.29 is 9.90 Å². The fourth-order valence-corrected chi connectivity index (χ4v) is 0.300. The van der Waals surface area contributed by atoms with Gasteiger partial charge in [0.1, 0.15) is 6.29 Å². The van der Waals surface area contributed by atoms with E-state index in [4.69, 9.17) is 16.7 Å². The van der Waals surface area contributed by atoms with E-state index in [9.17, 15) is 4.79 Å². The zero-order valence-corrected chi connectivity index (χ0v) is 4.56. The summed E-state index contributed by atoms with van der Waals surface area (Å²) in [5.41, 5.74) is 0. The van der Waals surface area contributed by atoms with Gasteiger partial charge in [0.15, 0.2) is 0 Å². The van der Waals surface area contributed by atoms with Gasteiger partial charge in [-0.05, 0) is 0 Å². The van der Waals surface area contributed by atoms with Crippen molar-refractivity contribution >= 4 is 17.9 Å². The van der Waals surface area contributed by atoms with Crippen molar-refractivity contribution in [2.24, 2.45) is 0 Å². The highest BCUT2D eigenvalue weighted by Gasteiger charge is 1.96. The van der Waals surface area contributed by atoms with E-state index in [-0.39, 0.29) is 12.3 Å². The molecule has 0 aliphatic heterocycles. The van der Waals surface area contributed by atoms with Crippen molar-refractivity contribution in [1.29, 1.82) is 0 Å². The van der Waals surface area contributed by atoms with Gasteiger partial charge in [0, 0.05) is 12.3 Å². The van der Waals surface area contributed by atoms with E-state index in [1.807, 2.05) is 0 Å². The molecule has 0 aromatic rings. The number of hydrogen-bond donors (Lipinski definition) is 1. The Morgan fingerprint density at radius 1 is 1.86 bits per heavy atom. The number of hydrogen-bond acceptors (Lipinski definition) is 2. The molecule has 3 heteroatoms. The molecule has 0 saturated heterocycles. The van der Waals surface area contributed by atoms with Crippen molar-refractivity contribution in [3.63, 3.8) is 0 Å². The smallest absolute Gasteiger partial charge is 0.122 e. The summed E-state index contributed by atoms with van der Waals surface area (Å²) in [6.45, 7) is 0. The Bertz CT molecular complexity index is 55.7. The van der Waals surface area contributed by atoms with E-state index in [1.54, 1.807) is 0 Å². The number of alkyl halides is 1. The van der Waals surface area contributed by atoms with Crippen LogP contribution in [-0.4, -0.2) is 23.4 Å². The highest BCUT2D eigenvalue weighted by molar-refractivity contribution is 6.18. The second-order valence-corrected chi connectivity index (χ2v) is 1.52. The van der Waals surface area contributed by atoms with Gasteiger partial charge in [-0.2, -0.15) is 0 Å². The van der Waals surface area contributed by atoms with Gasteiger partial charge in [0.2, 0.25) is 0 Å². The molecular weight excluding hydrogens is 115 g/mol. The summed E-state index contributed by atoms with van der Waals surface area (Å²) in [4.78, 5) is 9.56. The molecule has 0 aliphatic rings. The van der Waals surface area contributed by atoms with Crippen LogP contribution in [-0.2, 0) is 4.79 Å². The summed E-state index contributed by atoms with van der Waals surface area (Å²) in [7, 11) is 0. The molecule has 0 aliphatic carbocycles. The molecular formula is C4H7ClO2. The van der Waals surface area contributed by atoms with Crippen LogP contribution in [0.3, 0.4) is 0 Å². The van der Waals surface area contributed by atoms with Gasteiger partial charge in [-0.1, -0.05) is 0 Å². The molecule has 2 nitrogen and oxygen atoms in total. The normalized spacial score (nSPS) is 13.4. The second-order valence-electron chi connectivity index (χ2n) is 1.21. The van der Waals surface area contributed by atoms with E-state index in [2.05, 4.69) is 0 Å².